The molecule has 0 spiro atoms. The van der Waals surface area contributed by atoms with Crippen LogP contribution in [0.2, 0.25) is 0 Å². The fraction of sp³-hybridized carbons (Fsp3) is 0.200. The van der Waals surface area contributed by atoms with Crippen molar-refractivity contribution in [2.75, 3.05) is 11.9 Å². The number of ether oxygens (including phenoxy) is 1. The minimum Gasteiger partial charge on any atom is -0.478 e. The first-order chi connectivity index (χ1) is 16.6. The number of carboxylic acids is 1. The molecule has 3 aromatic rings. The summed E-state index contributed by atoms with van der Waals surface area (Å²) in [6.07, 6.45) is -4.02. The van der Waals surface area contributed by atoms with Crippen LogP contribution in [-0.2, 0) is 17.6 Å². The van der Waals surface area contributed by atoms with Crippen LogP contribution in [0.3, 0.4) is 0 Å². The third kappa shape index (κ3) is 8.66. The van der Waals surface area contributed by atoms with E-state index in [0.717, 1.165) is 16.9 Å². The van der Waals surface area contributed by atoms with Crippen LogP contribution >= 0.6 is 11.9 Å². The second-order valence-corrected chi connectivity index (χ2v) is 8.61. The lowest BCUT2D eigenvalue weighted by Crippen LogP contribution is -2.17. The summed E-state index contributed by atoms with van der Waals surface area (Å²) in [5, 5.41) is 12.0. The van der Waals surface area contributed by atoms with Gasteiger partial charge in [-0.25, -0.2) is 4.79 Å². The lowest BCUT2D eigenvalue weighted by atomic mass is 10.1. The van der Waals surface area contributed by atoms with Crippen LogP contribution in [0.25, 0.3) is 0 Å². The summed E-state index contributed by atoms with van der Waals surface area (Å²) in [4.78, 5) is 24.3. The van der Waals surface area contributed by atoms with Crippen molar-refractivity contribution in [3.8, 4) is 5.75 Å². The summed E-state index contributed by atoms with van der Waals surface area (Å²) < 4.78 is 43.7. The Morgan fingerprint density at radius 3 is 2.26 bits per heavy atom. The molecule has 0 saturated carbocycles. The first-order valence-electron chi connectivity index (χ1n) is 10.6. The molecule has 35 heavy (non-hydrogen) atoms. The number of carboxylic acid groups (broad SMARTS) is 1. The number of nitrogens with one attached hydrogen (secondary N) is 2. The Kier molecular flexibility index (Phi) is 8.78. The summed E-state index contributed by atoms with van der Waals surface area (Å²) >= 11 is 1.36. The quantitative estimate of drug-likeness (QED) is 0.246. The van der Waals surface area contributed by atoms with Gasteiger partial charge in [0.05, 0.1) is 12.0 Å². The second-order valence-electron chi connectivity index (χ2n) is 7.64. The summed E-state index contributed by atoms with van der Waals surface area (Å²) in [5.41, 5.74) is 3.20. The maximum Gasteiger partial charge on any atom is 0.573 e. The van der Waals surface area contributed by atoms with E-state index in [1.165, 1.54) is 36.2 Å². The van der Waals surface area contributed by atoms with Crippen LogP contribution in [0.5, 0.6) is 5.75 Å². The van der Waals surface area contributed by atoms with Crippen LogP contribution in [0.15, 0.2) is 71.6 Å². The van der Waals surface area contributed by atoms with E-state index in [1.807, 2.05) is 18.2 Å². The minimum absolute atomic E-state index is 0.0117. The Morgan fingerprint density at radius 1 is 0.971 bits per heavy atom. The number of aryl methyl sites for hydroxylation is 1. The molecule has 184 valence electrons. The number of anilines is 1. The number of hydrogen-bond donors (Lipinski definition) is 3. The van der Waals surface area contributed by atoms with E-state index in [0.29, 0.717) is 23.4 Å². The first kappa shape index (κ1) is 26.1. The van der Waals surface area contributed by atoms with E-state index in [2.05, 4.69) is 14.8 Å². The number of hydrogen-bond acceptors (Lipinski definition) is 5. The topological polar surface area (TPSA) is 87.7 Å². The van der Waals surface area contributed by atoms with Crippen molar-refractivity contribution in [2.45, 2.75) is 31.0 Å². The van der Waals surface area contributed by atoms with Crippen LogP contribution in [0, 0.1) is 6.92 Å². The zero-order valence-corrected chi connectivity index (χ0v) is 19.5. The van der Waals surface area contributed by atoms with Crippen LogP contribution in [0.4, 0.5) is 18.9 Å². The highest BCUT2D eigenvalue weighted by Gasteiger charge is 2.30. The lowest BCUT2D eigenvalue weighted by Gasteiger charge is -2.10. The largest absolute Gasteiger partial charge is 0.573 e. The molecule has 0 saturated heterocycles. The maximum absolute atomic E-state index is 12.2. The molecule has 6 nitrogen and oxygen atoms in total. The van der Waals surface area contributed by atoms with Gasteiger partial charge >= 0.3 is 12.3 Å². The molecule has 3 N–H and O–H groups in total. The summed E-state index contributed by atoms with van der Waals surface area (Å²) in [5.74, 6) is -1.58. The van der Waals surface area contributed by atoms with Crippen LogP contribution in [-0.4, -0.2) is 29.9 Å². The first-order valence-corrected chi connectivity index (χ1v) is 11.4. The molecule has 0 atom stereocenters. The molecule has 0 fully saturated rings. The fourth-order valence-corrected chi connectivity index (χ4v) is 3.86. The lowest BCUT2D eigenvalue weighted by molar-refractivity contribution is -0.274. The van der Waals surface area contributed by atoms with Crippen molar-refractivity contribution < 1.29 is 32.6 Å². The zero-order chi connectivity index (χ0) is 25.4. The van der Waals surface area contributed by atoms with E-state index in [9.17, 15) is 27.9 Å². The van der Waals surface area contributed by atoms with Crippen molar-refractivity contribution in [3.05, 3.63) is 89.0 Å². The van der Waals surface area contributed by atoms with Crippen molar-refractivity contribution in [3.63, 3.8) is 0 Å². The molecule has 0 aliphatic rings. The number of amides is 1. The number of halogens is 3. The number of benzene rings is 3. The number of alkyl halides is 3. The van der Waals surface area contributed by atoms with Crippen molar-refractivity contribution in [1.82, 2.24) is 4.72 Å². The summed E-state index contributed by atoms with van der Waals surface area (Å²) in [7, 11) is 0. The highest BCUT2D eigenvalue weighted by molar-refractivity contribution is 7.97. The molecule has 1 amide bonds. The normalized spacial score (nSPS) is 11.2. The van der Waals surface area contributed by atoms with Gasteiger partial charge in [-0.2, -0.15) is 0 Å². The molecule has 0 bridgehead atoms. The van der Waals surface area contributed by atoms with Crippen molar-refractivity contribution in [1.29, 1.82) is 0 Å². The molecule has 0 heterocycles. The Hall–Kier alpha value is -3.50. The molecular formula is C25H23F3N2O4S. The van der Waals surface area contributed by atoms with E-state index < -0.39 is 12.3 Å². The molecule has 3 aromatic carbocycles. The third-order valence-corrected chi connectivity index (χ3v) is 5.74. The third-order valence-electron chi connectivity index (χ3n) is 4.90. The van der Waals surface area contributed by atoms with Gasteiger partial charge < -0.3 is 15.2 Å². The molecule has 10 heteroatoms. The Labute approximate surface area is 204 Å². The number of aromatic carboxylic acids is 1. The number of rotatable bonds is 10. The highest BCUT2D eigenvalue weighted by atomic mass is 32.2. The molecule has 0 radical (unpaired) electrons. The molecule has 0 aliphatic carbocycles. The standard InChI is InChI=1S/C25H23F3N2O4S/c1-16-2-11-21(15-22(16)24(32)33)35-29-13-12-17-3-7-19(8-4-17)30-23(31)14-18-5-9-20(10-6-18)34-25(26,27)28/h2-11,15,29H,12-14H2,1H3,(H,30,31)(H,32,33). The summed E-state index contributed by atoms with van der Waals surface area (Å²) in [6.45, 7) is 2.41. The van der Waals surface area contributed by atoms with Gasteiger partial charge in [-0.15, -0.1) is 13.2 Å². The smallest absolute Gasteiger partial charge is 0.478 e. The van der Waals surface area contributed by atoms with Gasteiger partial charge in [-0.1, -0.05) is 30.3 Å². The minimum atomic E-state index is -4.76. The molecule has 0 aliphatic heterocycles. The predicted molar refractivity (Wildman–Crippen MR) is 128 cm³/mol. The average molecular weight is 505 g/mol. The summed E-state index contributed by atoms with van der Waals surface area (Å²) in [6, 6.07) is 17.8. The van der Waals surface area contributed by atoms with E-state index in [-0.39, 0.29) is 23.6 Å². The SMILES string of the molecule is Cc1ccc(SNCCc2ccc(NC(=O)Cc3ccc(OC(F)(F)F)cc3)cc2)cc1C(=O)O. The van der Waals surface area contributed by atoms with Crippen molar-refractivity contribution in [2.24, 2.45) is 0 Å². The average Bonchev–Trinajstić information content (AvgIpc) is 2.79. The van der Waals surface area contributed by atoms with Gasteiger partial charge in [-0.05, 0) is 78.4 Å². The van der Waals surface area contributed by atoms with E-state index >= 15 is 0 Å². The van der Waals surface area contributed by atoms with Gasteiger partial charge in [-0.3, -0.25) is 9.52 Å². The molecule has 3 rings (SSSR count). The van der Waals surface area contributed by atoms with Crippen LogP contribution in [0.1, 0.15) is 27.0 Å². The highest BCUT2D eigenvalue weighted by Crippen LogP contribution is 2.23. The van der Waals surface area contributed by atoms with Gasteiger partial charge in [0.2, 0.25) is 5.91 Å². The molecule has 0 aromatic heterocycles. The Balaban J connectivity index is 1.42. The number of carbonyl (C=O) groups is 2. The number of carbonyl (C=O) groups excluding carboxylic acids is 1. The fourth-order valence-electron chi connectivity index (χ4n) is 3.18. The van der Waals surface area contributed by atoms with Gasteiger partial charge in [0, 0.05) is 17.1 Å². The van der Waals surface area contributed by atoms with Crippen molar-refractivity contribution >= 4 is 29.5 Å². The van der Waals surface area contributed by atoms with Crippen LogP contribution < -0.4 is 14.8 Å². The Morgan fingerprint density at radius 2 is 1.63 bits per heavy atom. The molecule has 0 unspecified atom stereocenters. The second kappa shape index (κ2) is 11.8. The monoisotopic (exact) mass is 504 g/mol. The van der Waals surface area contributed by atoms with Gasteiger partial charge in [0.1, 0.15) is 5.75 Å². The van der Waals surface area contributed by atoms with Gasteiger partial charge in [0.15, 0.2) is 0 Å². The zero-order valence-electron chi connectivity index (χ0n) is 18.7. The Bertz CT molecular complexity index is 1170. The molecular weight excluding hydrogens is 481 g/mol. The maximum atomic E-state index is 12.2. The predicted octanol–water partition coefficient (Wildman–Crippen LogP) is 5.61. The van der Waals surface area contributed by atoms with E-state index in [4.69, 9.17) is 0 Å². The van der Waals surface area contributed by atoms with Gasteiger partial charge in [0.25, 0.3) is 0 Å². The van der Waals surface area contributed by atoms with E-state index in [1.54, 1.807) is 31.2 Å².